The Labute approximate surface area is 153 Å². The van der Waals surface area contributed by atoms with Crippen LogP contribution in [-0.4, -0.2) is 24.0 Å². The molecule has 0 radical (unpaired) electrons. The number of ether oxygens (including phenoxy) is 1. The van der Waals surface area contributed by atoms with Gasteiger partial charge in [0.1, 0.15) is 10.8 Å². The number of hydrogen-bond acceptors (Lipinski definition) is 4. The third-order valence-corrected chi connectivity index (χ3v) is 4.46. The van der Waals surface area contributed by atoms with Gasteiger partial charge >= 0.3 is 0 Å². The van der Waals surface area contributed by atoms with E-state index < -0.39 is 5.82 Å². The quantitative estimate of drug-likeness (QED) is 0.684. The molecule has 2 aromatic carbocycles. The van der Waals surface area contributed by atoms with E-state index in [1.54, 1.807) is 24.3 Å². The van der Waals surface area contributed by atoms with Crippen LogP contribution in [0.3, 0.4) is 0 Å². The van der Waals surface area contributed by atoms with Gasteiger partial charge in [0.25, 0.3) is 5.91 Å². The van der Waals surface area contributed by atoms with Crippen molar-refractivity contribution in [3.63, 3.8) is 0 Å². The van der Waals surface area contributed by atoms with Gasteiger partial charge in [0.15, 0.2) is 18.2 Å². The molecule has 1 N–H and O–H groups in total. The van der Waals surface area contributed by atoms with Crippen LogP contribution in [0.4, 0.5) is 8.78 Å². The van der Waals surface area contributed by atoms with Crippen LogP contribution in [0, 0.1) is 11.6 Å². The van der Waals surface area contributed by atoms with Crippen molar-refractivity contribution in [2.24, 2.45) is 0 Å². The summed E-state index contributed by atoms with van der Waals surface area (Å²) >= 11 is 1.42. The van der Waals surface area contributed by atoms with Crippen molar-refractivity contribution in [2.75, 3.05) is 13.2 Å². The molecule has 4 nitrogen and oxygen atoms in total. The molecule has 0 fully saturated rings. The first-order valence-corrected chi connectivity index (χ1v) is 8.84. The van der Waals surface area contributed by atoms with Crippen LogP contribution >= 0.6 is 11.3 Å². The van der Waals surface area contributed by atoms with E-state index in [0.717, 1.165) is 16.3 Å². The summed E-state index contributed by atoms with van der Waals surface area (Å²) in [6.45, 7) is 0.123. The number of nitrogens with one attached hydrogen (secondary N) is 1. The van der Waals surface area contributed by atoms with E-state index in [-0.39, 0.29) is 24.1 Å². The van der Waals surface area contributed by atoms with Crippen LogP contribution in [0.15, 0.2) is 53.9 Å². The Balaban J connectivity index is 1.45. The summed E-state index contributed by atoms with van der Waals surface area (Å²) in [5.74, 6) is -1.11. The largest absolute Gasteiger partial charge is 0.481 e. The fourth-order valence-corrected chi connectivity index (χ4v) is 3.11. The second-order valence-electron chi connectivity index (χ2n) is 5.47. The molecule has 0 atom stereocenters. The van der Waals surface area contributed by atoms with Crippen molar-refractivity contribution in [3.8, 4) is 16.3 Å². The van der Waals surface area contributed by atoms with Crippen LogP contribution in [0.1, 0.15) is 5.69 Å². The molecule has 0 aliphatic rings. The molecule has 0 aliphatic heterocycles. The lowest BCUT2D eigenvalue weighted by molar-refractivity contribution is -0.123. The van der Waals surface area contributed by atoms with E-state index in [9.17, 15) is 13.6 Å². The molecule has 1 amide bonds. The maximum atomic E-state index is 13.4. The van der Waals surface area contributed by atoms with Crippen LogP contribution in [0.2, 0.25) is 0 Å². The van der Waals surface area contributed by atoms with Gasteiger partial charge in [-0.2, -0.15) is 0 Å². The molecule has 3 aromatic rings. The molecule has 3 rings (SSSR count). The first-order chi connectivity index (χ1) is 12.6. The second-order valence-corrected chi connectivity index (χ2v) is 6.33. The molecule has 0 saturated heterocycles. The van der Waals surface area contributed by atoms with Gasteiger partial charge in [0.2, 0.25) is 0 Å². The van der Waals surface area contributed by atoms with Gasteiger partial charge in [0, 0.05) is 23.9 Å². The summed E-state index contributed by atoms with van der Waals surface area (Å²) in [6, 6.07) is 12.2. The van der Waals surface area contributed by atoms with Crippen molar-refractivity contribution < 1.29 is 18.3 Å². The molecular formula is C19H16F2N2O2S. The summed E-state index contributed by atoms with van der Waals surface area (Å²) in [5.41, 5.74) is 1.54. The SMILES string of the molecule is O=C(COc1ccccc1F)NCCc1csc(-c2cccc(F)c2)n1. The highest BCUT2D eigenvalue weighted by Gasteiger charge is 2.08. The van der Waals surface area contributed by atoms with Gasteiger partial charge in [-0.15, -0.1) is 11.3 Å². The zero-order valence-electron chi connectivity index (χ0n) is 13.7. The molecule has 0 unspecified atom stereocenters. The van der Waals surface area contributed by atoms with Gasteiger partial charge in [-0.25, -0.2) is 13.8 Å². The molecular weight excluding hydrogens is 358 g/mol. The van der Waals surface area contributed by atoms with E-state index in [1.165, 1.54) is 35.6 Å². The monoisotopic (exact) mass is 374 g/mol. The minimum atomic E-state index is -0.507. The summed E-state index contributed by atoms with van der Waals surface area (Å²) in [5, 5.41) is 5.30. The Morgan fingerprint density at radius 1 is 1.15 bits per heavy atom. The number of carbonyl (C=O) groups excluding carboxylic acids is 1. The number of carbonyl (C=O) groups is 1. The number of nitrogens with zero attached hydrogens (tertiary/aromatic N) is 1. The fraction of sp³-hybridized carbons (Fsp3) is 0.158. The van der Waals surface area contributed by atoms with Crippen molar-refractivity contribution in [2.45, 2.75) is 6.42 Å². The molecule has 0 bridgehead atoms. The highest BCUT2D eigenvalue weighted by atomic mass is 32.1. The summed E-state index contributed by atoms with van der Waals surface area (Å²) in [6.07, 6.45) is 0.539. The lowest BCUT2D eigenvalue weighted by Gasteiger charge is -2.07. The lowest BCUT2D eigenvalue weighted by atomic mass is 10.2. The molecule has 0 spiro atoms. The van der Waals surface area contributed by atoms with Crippen LogP contribution in [0.5, 0.6) is 5.75 Å². The number of benzene rings is 2. The molecule has 1 aromatic heterocycles. The minimum absolute atomic E-state index is 0.0434. The van der Waals surface area contributed by atoms with Gasteiger partial charge < -0.3 is 10.1 Å². The molecule has 7 heteroatoms. The van der Waals surface area contributed by atoms with Gasteiger partial charge in [-0.3, -0.25) is 4.79 Å². The molecule has 0 saturated carbocycles. The zero-order valence-corrected chi connectivity index (χ0v) is 14.6. The van der Waals surface area contributed by atoms with Crippen molar-refractivity contribution in [1.29, 1.82) is 0 Å². The predicted molar refractivity (Wildman–Crippen MR) is 96.1 cm³/mol. The van der Waals surface area contributed by atoms with Crippen LogP contribution in [-0.2, 0) is 11.2 Å². The molecule has 26 heavy (non-hydrogen) atoms. The maximum Gasteiger partial charge on any atom is 0.257 e. The standard InChI is InChI=1S/C19H16F2N2O2S/c20-14-5-3-4-13(10-14)19-23-15(12-26-19)8-9-22-18(24)11-25-17-7-2-1-6-16(17)21/h1-7,10,12H,8-9,11H2,(H,22,24). The minimum Gasteiger partial charge on any atom is -0.481 e. The Morgan fingerprint density at radius 2 is 2.00 bits per heavy atom. The van der Waals surface area contributed by atoms with E-state index in [0.29, 0.717) is 13.0 Å². The van der Waals surface area contributed by atoms with Gasteiger partial charge in [0.05, 0.1) is 5.69 Å². The molecule has 1 heterocycles. The average molecular weight is 374 g/mol. The van der Waals surface area contributed by atoms with Crippen LogP contribution < -0.4 is 10.1 Å². The normalized spacial score (nSPS) is 10.5. The summed E-state index contributed by atoms with van der Waals surface area (Å²) in [4.78, 5) is 16.2. The molecule has 134 valence electrons. The summed E-state index contributed by atoms with van der Waals surface area (Å²) in [7, 11) is 0. The van der Waals surface area contributed by atoms with E-state index in [1.807, 2.05) is 5.38 Å². The number of halogens is 2. The number of amides is 1. The maximum absolute atomic E-state index is 13.4. The molecule has 0 aliphatic carbocycles. The van der Waals surface area contributed by atoms with Gasteiger partial charge in [-0.1, -0.05) is 24.3 Å². The Bertz CT molecular complexity index is 899. The smallest absolute Gasteiger partial charge is 0.257 e. The van der Waals surface area contributed by atoms with Crippen molar-refractivity contribution in [3.05, 3.63) is 71.2 Å². The van der Waals surface area contributed by atoms with E-state index in [2.05, 4.69) is 10.3 Å². The highest BCUT2D eigenvalue weighted by Crippen LogP contribution is 2.24. The highest BCUT2D eigenvalue weighted by molar-refractivity contribution is 7.13. The third kappa shape index (κ3) is 4.86. The predicted octanol–water partition coefficient (Wildman–Crippen LogP) is 3.83. The van der Waals surface area contributed by atoms with Gasteiger partial charge in [-0.05, 0) is 24.3 Å². The Hall–Kier alpha value is -2.80. The summed E-state index contributed by atoms with van der Waals surface area (Å²) < 4.78 is 31.8. The zero-order chi connectivity index (χ0) is 18.4. The second kappa shape index (κ2) is 8.53. The average Bonchev–Trinajstić information content (AvgIpc) is 3.10. The number of hydrogen-bond donors (Lipinski definition) is 1. The van der Waals surface area contributed by atoms with E-state index in [4.69, 9.17) is 4.74 Å². The number of thiazole rings is 1. The lowest BCUT2D eigenvalue weighted by Crippen LogP contribution is -2.30. The Kier molecular flexibility index (Phi) is 5.91. The first kappa shape index (κ1) is 18.0. The van der Waals surface area contributed by atoms with Crippen LogP contribution in [0.25, 0.3) is 10.6 Å². The number of rotatable bonds is 7. The van der Waals surface area contributed by atoms with Crippen molar-refractivity contribution >= 4 is 17.2 Å². The number of para-hydroxylation sites is 1. The first-order valence-electron chi connectivity index (χ1n) is 7.96. The topological polar surface area (TPSA) is 51.2 Å². The van der Waals surface area contributed by atoms with E-state index >= 15 is 0 Å². The third-order valence-electron chi connectivity index (χ3n) is 3.52. The fourth-order valence-electron chi connectivity index (χ4n) is 2.26. The Morgan fingerprint density at radius 3 is 2.81 bits per heavy atom. The number of aromatic nitrogens is 1. The van der Waals surface area contributed by atoms with Crippen molar-refractivity contribution in [1.82, 2.24) is 10.3 Å².